The van der Waals surface area contributed by atoms with Crippen molar-refractivity contribution in [3.63, 3.8) is 0 Å². The van der Waals surface area contributed by atoms with E-state index in [2.05, 4.69) is 41.0 Å². The van der Waals surface area contributed by atoms with Gasteiger partial charge in [0.1, 0.15) is 0 Å². The number of nitrogens with one attached hydrogen (secondary N) is 1. The fourth-order valence-corrected chi connectivity index (χ4v) is 4.20. The molecular formula is C19H39IN4O. The molecule has 0 aromatic rings. The first-order chi connectivity index (χ1) is 11.6. The summed E-state index contributed by atoms with van der Waals surface area (Å²) in [6.07, 6.45) is 5.04. The van der Waals surface area contributed by atoms with Crippen LogP contribution >= 0.6 is 24.0 Å². The number of ether oxygens (including phenoxy) is 1. The van der Waals surface area contributed by atoms with Gasteiger partial charge in [-0.3, -0.25) is 4.99 Å². The Bertz CT molecular complexity index is 378. The number of aliphatic imine (C=N–C) groups is 1. The number of halogens is 1. The van der Waals surface area contributed by atoms with E-state index in [-0.39, 0.29) is 24.0 Å². The van der Waals surface area contributed by atoms with Crippen LogP contribution in [-0.2, 0) is 4.74 Å². The van der Waals surface area contributed by atoms with Crippen LogP contribution in [0, 0.1) is 17.8 Å². The molecule has 148 valence electrons. The molecule has 2 saturated heterocycles. The van der Waals surface area contributed by atoms with Crippen molar-refractivity contribution in [2.75, 3.05) is 60.0 Å². The highest BCUT2D eigenvalue weighted by atomic mass is 127. The lowest BCUT2D eigenvalue weighted by atomic mass is 9.92. The molecule has 0 aromatic carbocycles. The Morgan fingerprint density at radius 3 is 2.44 bits per heavy atom. The molecule has 0 aliphatic carbocycles. The van der Waals surface area contributed by atoms with Gasteiger partial charge in [0.05, 0.1) is 0 Å². The van der Waals surface area contributed by atoms with Crippen LogP contribution in [0.1, 0.15) is 39.5 Å². The van der Waals surface area contributed by atoms with E-state index in [0.29, 0.717) is 0 Å². The molecule has 0 saturated carbocycles. The summed E-state index contributed by atoms with van der Waals surface area (Å²) in [4.78, 5) is 9.33. The second-order valence-electron chi connectivity index (χ2n) is 7.95. The predicted octanol–water partition coefficient (Wildman–Crippen LogP) is 2.91. The van der Waals surface area contributed by atoms with E-state index >= 15 is 0 Å². The van der Waals surface area contributed by atoms with Crippen LogP contribution in [0.5, 0.6) is 0 Å². The van der Waals surface area contributed by atoms with Crippen molar-refractivity contribution in [2.24, 2.45) is 22.7 Å². The van der Waals surface area contributed by atoms with Gasteiger partial charge in [0.15, 0.2) is 5.96 Å². The number of guanidine groups is 1. The summed E-state index contributed by atoms with van der Waals surface area (Å²) in [5.74, 6) is 3.50. The third kappa shape index (κ3) is 8.43. The maximum Gasteiger partial charge on any atom is 0.193 e. The molecule has 2 aliphatic heterocycles. The van der Waals surface area contributed by atoms with Crippen LogP contribution in [0.2, 0.25) is 0 Å². The van der Waals surface area contributed by atoms with E-state index in [1.54, 1.807) is 0 Å². The molecule has 25 heavy (non-hydrogen) atoms. The SMILES string of the molecule is CN=C(NCCN1CC(C)CC(C)C1)N(C)CCC1CCOCC1.I. The monoisotopic (exact) mass is 466 g/mol. The fraction of sp³-hybridized carbons (Fsp3) is 0.947. The summed E-state index contributed by atoms with van der Waals surface area (Å²) in [6, 6.07) is 0. The second-order valence-corrected chi connectivity index (χ2v) is 7.95. The quantitative estimate of drug-likeness (QED) is 0.371. The van der Waals surface area contributed by atoms with Crippen LogP contribution < -0.4 is 5.32 Å². The van der Waals surface area contributed by atoms with Gasteiger partial charge >= 0.3 is 0 Å². The van der Waals surface area contributed by atoms with Gasteiger partial charge in [-0.25, -0.2) is 0 Å². The molecule has 2 heterocycles. The zero-order valence-corrected chi connectivity index (χ0v) is 19.0. The molecule has 6 heteroatoms. The zero-order chi connectivity index (χ0) is 17.4. The topological polar surface area (TPSA) is 40.1 Å². The molecule has 0 spiro atoms. The van der Waals surface area contributed by atoms with Crippen molar-refractivity contribution >= 4 is 29.9 Å². The molecule has 2 atom stereocenters. The summed E-state index contributed by atoms with van der Waals surface area (Å²) in [6.45, 7) is 12.3. The largest absolute Gasteiger partial charge is 0.381 e. The van der Waals surface area contributed by atoms with Gasteiger partial charge in [-0.15, -0.1) is 24.0 Å². The van der Waals surface area contributed by atoms with Gasteiger partial charge in [0, 0.05) is 60.0 Å². The normalized spacial score (nSPS) is 26.2. The molecule has 0 radical (unpaired) electrons. The summed E-state index contributed by atoms with van der Waals surface area (Å²) in [5, 5.41) is 3.54. The Morgan fingerprint density at radius 1 is 1.20 bits per heavy atom. The molecule has 0 amide bonds. The minimum Gasteiger partial charge on any atom is -0.381 e. The van der Waals surface area contributed by atoms with Crippen molar-refractivity contribution in [1.82, 2.24) is 15.1 Å². The first kappa shape index (κ1) is 23.0. The molecule has 2 fully saturated rings. The molecule has 0 aromatic heterocycles. The third-order valence-electron chi connectivity index (χ3n) is 5.44. The van der Waals surface area contributed by atoms with Crippen molar-refractivity contribution < 1.29 is 4.74 Å². The summed E-state index contributed by atoms with van der Waals surface area (Å²) < 4.78 is 5.45. The highest BCUT2D eigenvalue weighted by Crippen LogP contribution is 2.20. The molecule has 2 rings (SSSR count). The van der Waals surface area contributed by atoms with Gasteiger partial charge in [0.25, 0.3) is 0 Å². The number of rotatable bonds is 6. The van der Waals surface area contributed by atoms with Gasteiger partial charge in [0.2, 0.25) is 0 Å². The van der Waals surface area contributed by atoms with Gasteiger partial charge < -0.3 is 19.9 Å². The molecule has 2 aliphatic rings. The van der Waals surface area contributed by atoms with E-state index in [0.717, 1.165) is 56.6 Å². The lowest BCUT2D eigenvalue weighted by Crippen LogP contribution is -2.46. The van der Waals surface area contributed by atoms with E-state index in [1.807, 2.05) is 7.05 Å². The predicted molar refractivity (Wildman–Crippen MR) is 117 cm³/mol. The molecule has 5 nitrogen and oxygen atoms in total. The Hall–Kier alpha value is -0.0800. The van der Waals surface area contributed by atoms with Gasteiger partial charge in [-0.2, -0.15) is 0 Å². The summed E-state index contributed by atoms with van der Waals surface area (Å²) >= 11 is 0. The second kappa shape index (κ2) is 12.3. The average Bonchev–Trinajstić information content (AvgIpc) is 2.57. The minimum absolute atomic E-state index is 0. The smallest absolute Gasteiger partial charge is 0.193 e. The first-order valence-electron chi connectivity index (χ1n) is 9.80. The Labute approximate surface area is 172 Å². The van der Waals surface area contributed by atoms with Crippen molar-refractivity contribution in [1.29, 1.82) is 0 Å². The van der Waals surface area contributed by atoms with E-state index in [4.69, 9.17) is 4.74 Å². The molecule has 2 unspecified atom stereocenters. The fourth-order valence-electron chi connectivity index (χ4n) is 4.20. The maximum atomic E-state index is 5.45. The average molecular weight is 466 g/mol. The van der Waals surface area contributed by atoms with Crippen molar-refractivity contribution in [3.8, 4) is 0 Å². The minimum atomic E-state index is 0. The van der Waals surface area contributed by atoms with E-state index in [1.165, 1.54) is 38.8 Å². The van der Waals surface area contributed by atoms with Crippen LogP contribution in [0.4, 0.5) is 0 Å². The van der Waals surface area contributed by atoms with Gasteiger partial charge in [-0.1, -0.05) is 13.8 Å². The maximum absolute atomic E-state index is 5.45. The van der Waals surface area contributed by atoms with E-state index in [9.17, 15) is 0 Å². The Balaban J connectivity index is 0.00000312. The van der Waals surface area contributed by atoms with Crippen LogP contribution in [0.15, 0.2) is 4.99 Å². The van der Waals surface area contributed by atoms with Gasteiger partial charge in [-0.05, 0) is 43.4 Å². The third-order valence-corrected chi connectivity index (χ3v) is 5.44. The standard InChI is InChI=1S/C19H38N4O.HI/c1-16-13-17(2)15-23(14-16)10-8-21-19(20-3)22(4)9-5-18-6-11-24-12-7-18;/h16-18H,5-15H2,1-4H3,(H,20,21);1H. The lowest BCUT2D eigenvalue weighted by Gasteiger charge is -2.35. The highest BCUT2D eigenvalue weighted by Gasteiger charge is 2.21. The Morgan fingerprint density at radius 2 is 1.84 bits per heavy atom. The summed E-state index contributed by atoms with van der Waals surface area (Å²) in [7, 11) is 4.04. The number of hydrogen-bond acceptors (Lipinski definition) is 3. The molecular weight excluding hydrogens is 427 g/mol. The van der Waals surface area contributed by atoms with E-state index < -0.39 is 0 Å². The Kier molecular flexibility index (Phi) is 11.3. The van der Waals surface area contributed by atoms with Crippen LogP contribution in [0.25, 0.3) is 0 Å². The van der Waals surface area contributed by atoms with Crippen molar-refractivity contribution in [3.05, 3.63) is 0 Å². The molecule has 0 bridgehead atoms. The number of nitrogens with zero attached hydrogens (tertiary/aromatic N) is 3. The van der Waals surface area contributed by atoms with Crippen molar-refractivity contribution in [2.45, 2.75) is 39.5 Å². The number of likely N-dealkylation sites (tertiary alicyclic amines) is 1. The van der Waals surface area contributed by atoms with Crippen LogP contribution in [-0.4, -0.2) is 75.8 Å². The number of hydrogen-bond donors (Lipinski definition) is 1. The lowest BCUT2D eigenvalue weighted by molar-refractivity contribution is 0.0625. The number of piperidine rings is 1. The first-order valence-corrected chi connectivity index (χ1v) is 9.80. The van der Waals surface area contributed by atoms with Crippen LogP contribution in [0.3, 0.4) is 0 Å². The molecule has 1 N–H and O–H groups in total. The zero-order valence-electron chi connectivity index (χ0n) is 16.7. The highest BCUT2D eigenvalue weighted by molar-refractivity contribution is 14.0. The summed E-state index contributed by atoms with van der Waals surface area (Å²) in [5.41, 5.74) is 0.